The van der Waals surface area contributed by atoms with E-state index in [9.17, 15) is 0 Å². The summed E-state index contributed by atoms with van der Waals surface area (Å²) < 4.78 is 0. The van der Waals surface area contributed by atoms with Crippen LogP contribution in [0.3, 0.4) is 0 Å². The van der Waals surface area contributed by atoms with Crippen molar-refractivity contribution in [3.05, 3.63) is 29.8 Å². The van der Waals surface area contributed by atoms with Gasteiger partial charge in [-0.15, -0.1) is 0 Å². The molecule has 1 aromatic rings. The summed E-state index contributed by atoms with van der Waals surface area (Å²) in [6.07, 6.45) is 8.12. The highest BCUT2D eigenvalue weighted by Gasteiger charge is 2.09. The van der Waals surface area contributed by atoms with E-state index in [1.807, 2.05) is 0 Å². The van der Waals surface area contributed by atoms with Gasteiger partial charge in [-0.05, 0) is 38.0 Å². The number of hydrogen-bond acceptors (Lipinski definition) is 2. The number of hydrogen-bond donors (Lipinski definition) is 1. The summed E-state index contributed by atoms with van der Waals surface area (Å²) in [7, 11) is 0. The maximum absolute atomic E-state index is 5.66. The summed E-state index contributed by atoms with van der Waals surface area (Å²) in [5.74, 6) is 0. The predicted molar refractivity (Wildman–Crippen MR) is 90.2 cm³/mol. The largest absolute Gasteiger partial charge is 0.369 e. The van der Waals surface area contributed by atoms with Crippen molar-refractivity contribution >= 4 is 5.69 Å². The Morgan fingerprint density at radius 2 is 1.55 bits per heavy atom. The van der Waals surface area contributed by atoms with Crippen LogP contribution in [-0.2, 0) is 6.54 Å². The van der Waals surface area contributed by atoms with Gasteiger partial charge in [-0.1, -0.05) is 51.2 Å². The predicted octanol–water partition coefficient (Wildman–Crippen LogP) is 4.72. The molecule has 0 saturated carbocycles. The average Bonchev–Trinajstić information content (AvgIpc) is 2.46. The Morgan fingerprint density at radius 1 is 0.950 bits per heavy atom. The quantitative estimate of drug-likeness (QED) is 0.626. The third kappa shape index (κ3) is 5.96. The maximum atomic E-state index is 5.66. The smallest absolute Gasteiger partial charge is 0.0368 e. The molecule has 0 saturated heterocycles. The Kier molecular flexibility index (Phi) is 8.36. The minimum atomic E-state index is 0.550. The van der Waals surface area contributed by atoms with Crippen molar-refractivity contribution < 1.29 is 0 Å². The number of benzene rings is 1. The number of nitrogens with two attached hydrogens (primary N) is 1. The van der Waals surface area contributed by atoms with Gasteiger partial charge < -0.3 is 10.6 Å². The second-order valence-electron chi connectivity index (χ2n) is 5.93. The molecule has 114 valence electrons. The standard InChI is InChI=1S/C18H32N2/c1-4-5-6-7-8-9-14-20(16(2)3)18-12-10-17(15-19)11-13-18/h10-13,16H,4-9,14-15,19H2,1-3H3. The summed E-state index contributed by atoms with van der Waals surface area (Å²) >= 11 is 0. The minimum Gasteiger partial charge on any atom is -0.369 e. The van der Waals surface area contributed by atoms with Crippen molar-refractivity contribution in [3.63, 3.8) is 0 Å². The summed E-state index contributed by atoms with van der Waals surface area (Å²) in [5.41, 5.74) is 8.19. The normalized spacial score (nSPS) is 11.1. The fraction of sp³-hybridized carbons (Fsp3) is 0.667. The highest BCUT2D eigenvalue weighted by atomic mass is 15.1. The number of nitrogens with zero attached hydrogens (tertiary/aromatic N) is 1. The van der Waals surface area contributed by atoms with Crippen LogP contribution in [0.5, 0.6) is 0 Å². The molecule has 0 aliphatic carbocycles. The van der Waals surface area contributed by atoms with E-state index in [0.29, 0.717) is 12.6 Å². The first-order valence-corrected chi connectivity index (χ1v) is 8.24. The Balaban J connectivity index is 2.43. The van der Waals surface area contributed by atoms with Crippen molar-refractivity contribution in [1.29, 1.82) is 0 Å². The van der Waals surface area contributed by atoms with Crippen molar-refractivity contribution in [2.24, 2.45) is 5.73 Å². The van der Waals surface area contributed by atoms with Crippen LogP contribution in [0.25, 0.3) is 0 Å². The first kappa shape index (κ1) is 17.0. The van der Waals surface area contributed by atoms with Gasteiger partial charge >= 0.3 is 0 Å². The molecule has 1 rings (SSSR count). The fourth-order valence-corrected chi connectivity index (χ4v) is 2.57. The van der Waals surface area contributed by atoms with E-state index < -0.39 is 0 Å². The zero-order chi connectivity index (χ0) is 14.8. The van der Waals surface area contributed by atoms with Crippen molar-refractivity contribution in [2.75, 3.05) is 11.4 Å². The van der Waals surface area contributed by atoms with E-state index in [-0.39, 0.29) is 0 Å². The van der Waals surface area contributed by atoms with Crippen LogP contribution in [0.4, 0.5) is 5.69 Å². The van der Waals surface area contributed by atoms with Gasteiger partial charge in [-0.3, -0.25) is 0 Å². The van der Waals surface area contributed by atoms with Gasteiger partial charge in [0.2, 0.25) is 0 Å². The second kappa shape index (κ2) is 9.82. The topological polar surface area (TPSA) is 29.3 Å². The lowest BCUT2D eigenvalue weighted by molar-refractivity contribution is 0.581. The van der Waals surface area contributed by atoms with Gasteiger partial charge in [0, 0.05) is 24.8 Å². The van der Waals surface area contributed by atoms with Crippen LogP contribution in [0.2, 0.25) is 0 Å². The Bertz CT molecular complexity index is 343. The van der Waals surface area contributed by atoms with Crippen molar-refractivity contribution in [2.45, 2.75) is 71.9 Å². The molecule has 2 N–H and O–H groups in total. The molecule has 0 spiro atoms. The molecule has 0 fully saturated rings. The fourth-order valence-electron chi connectivity index (χ4n) is 2.57. The molecule has 1 aromatic carbocycles. The van der Waals surface area contributed by atoms with Crippen LogP contribution in [0.1, 0.15) is 64.9 Å². The monoisotopic (exact) mass is 276 g/mol. The number of rotatable bonds is 10. The number of unbranched alkanes of at least 4 members (excludes halogenated alkanes) is 5. The van der Waals surface area contributed by atoms with Gasteiger partial charge in [-0.2, -0.15) is 0 Å². The molecule has 20 heavy (non-hydrogen) atoms. The SMILES string of the molecule is CCCCCCCCN(c1ccc(CN)cc1)C(C)C. The summed E-state index contributed by atoms with van der Waals surface area (Å²) in [6.45, 7) is 8.60. The zero-order valence-corrected chi connectivity index (χ0v) is 13.6. The van der Waals surface area contributed by atoms with Crippen molar-refractivity contribution in [3.8, 4) is 0 Å². The van der Waals surface area contributed by atoms with E-state index in [1.165, 1.54) is 49.8 Å². The lowest BCUT2D eigenvalue weighted by Crippen LogP contribution is -2.31. The molecule has 0 aliphatic rings. The van der Waals surface area contributed by atoms with Crippen LogP contribution in [0.15, 0.2) is 24.3 Å². The summed E-state index contributed by atoms with van der Waals surface area (Å²) in [6, 6.07) is 9.26. The number of anilines is 1. The molecule has 0 aliphatic heterocycles. The zero-order valence-electron chi connectivity index (χ0n) is 13.6. The van der Waals surface area contributed by atoms with E-state index in [2.05, 4.69) is 49.9 Å². The molecular weight excluding hydrogens is 244 g/mol. The van der Waals surface area contributed by atoms with E-state index >= 15 is 0 Å². The molecule has 0 radical (unpaired) electrons. The van der Waals surface area contributed by atoms with Gasteiger partial charge in [-0.25, -0.2) is 0 Å². The Hall–Kier alpha value is -1.02. The van der Waals surface area contributed by atoms with Gasteiger partial charge in [0.05, 0.1) is 0 Å². The molecule has 2 nitrogen and oxygen atoms in total. The van der Waals surface area contributed by atoms with Crippen LogP contribution in [-0.4, -0.2) is 12.6 Å². The van der Waals surface area contributed by atoms with Gasteiger partial charge in [0.25, 0.3) is 0 Å². The second-order valence-corrected chi connectivity index (χ2v) is 5.93. The minimum absolute atomic E-state index is 0.550. The first-order valence-electron chi connectivity index (χ1n) is 8.24. The maximum Gasteiger partial charge on any atom is 0.0368 e. The van der Waals surface area contributed by atoms with Crippen LogP contribution in [0, 0.1) is 0 Å². The molecule has 0 unspecified atom stereocenters. The molecule has 0 atom stereocenters. The lowest BCUT2D eigenvalue weighted by Gasteiger charge is -2.29. The molecule has 0 amide bonds. The molecule has 0 heterocycles. The first-order chi connectivity index (χ1) is 9.69. The summed E-state index contributed by atoms with van der Waals surface area (Å²) in [5, 5.41) is 0. The third-order valence-corrected chi connectivity index (χ3v) is 3.88. The molecule has 2 heteroatoms. The van der Waals surface area contributed by atoms with Crippen LogP contribution < -0.4 is 10.6 Å². The lowest BCUT2D eigenvalue weighted by atomic mass is 10.1. The average molecular weight is 276 g/mol. The van der Waals surface area contributed by atoms with Gasteiger partial charge in [0.1, 0.15) is 0 Å². The highest BCUT2D eigenvalue weighted by molar-refractivity contribution is 5.48. The van der Waals surface area contributed by atoms with Gasteiger partial charge in [0.15, 0.2) is 0 Å². The third-order valence-electron chi connectivity index (χ3n) is 3.88. The highest BCUT2D eigenvalue weighted by Crippen LogP contribution is 2.19. The molecule has 0 bridgehead atoms. The van der Waals surface area contributed by atoms with E-state index in [4.69, 9.17) is 5.73 Å². The molecular formula is C18H32N2. The Morgan fingerprint density at radius 3 is 2.10 bits per heavy atom. The van der Waals surface area contributed by atoms with Crippen LogP contribution >= 0.6 is 0 Å². The summed E-state index contributed by atoms with van der Waals surface area (Å²) in [4.78, 5) is 2.50. The van der Waals surface area contributed by atoms with E-state index in [1.54, 1.807) is 0 Å². The van der Waals surface area contributed by atoms with E-state index in [0.717, 1.165) is 6.54 Å². The Labute approximate surface area is 125 Å². The molecule has 0 aromatic heterocycles. The van der Waals surface area contributed by atoms with Crippen molar-refractivity contribution in [1.82, 2.24) is 0 Å².